The van der Waals surface area contributed by atoms with Crippen LogP contribution in [0.2, 0.25) is 0 Å². The minimum atomic E-state index is -0.310. The molecule has 0 radical (unpaired) electrons. The molecule has 2 rings (SSSR count). The van der Waals surface area contributed by atoms with Gasteiger partial charge in [-0.05, 0) is 36.2 Å². The predicted octanol–water partition coefficient (Wildman–Crippen LogP) is 0.766. The summed E-state index contributed by atoms with van der Waals surface area (Å²) in [5, 5.41) is 3.30. The average Bonchev–Trinajstić information content (AvgIpc) is 2.37. The molecule has 1 heterocycles. The van der Waals surface area contributed by atoms with Crippen molar-refractivity contribution < 1.29 is 14.3 Å². The Balaban J connectivity index is 2.40. The first-order valence-corrected chi connectivity index (χ1v) is 5.92. The molecule has 1 aliphatic heterocycles. The summed E-state index contributed by atoms with van der Waals surface area (Å²) < 4.78 is 10.6. The monoisotopic (exact) mass is 250 g/mol. The number of nitrogens with two attached hydrogens (primary N) is 1. The predicted molar refractivity (Wildman–Crippen MR) is 67.8 cm³/mol. The molecular weight excluding hydrogens is 232 g/mol. The van der Waals surface area contributed by atoms with Gasteiger partial charge in [0.15, 0.2) is 11.5 Å². The Morgan fingerprint density at radius 3 is 2.67 bits per heavy atom. The van der Waals surface area contributed by atoms with Crippen LogP contribution in [0.1, 0.15) is 23.6 Å². The molecule has 3 N–H and O–H groups in total. The highest BCUT2D eigenvalue weighted by Crippen LogP contribution is 2.35. The van der Waals surface area contributed by atoms with E-state index < -0.39 is 0 Å². The zero-order chi connectivity index (χ0) is 13.1. The van der Waals surface area contributed by atoms with Crippen LogP contribution in [-0.2, 0) is 11.2 Å². The van der Waals surface area contributed by atoms with Gasteiger partial charge in [-0.1, -0.05) is 0 Å². The largest absolute Gasteiger partial charge is 0.493 e. The molecule has 0 fully saturated rings. The van der Waals surface area contributed by atoms with E-state index in [0.29, 0.717) is 12.2 Å². The highest BCUT2D eigenvalue weighted by atomic mass is 16.5. The summed E-state index contributed by atoms with van der Waals surface area (Å²) in [6, 6.07) is 3.86. The van der Waals surface area contributed by atoms with Crippen LogP contribution >= 0.6 is 0 Å². The van der Waals surface area contributed by atoms with E-state index in [2.05, 4.69) is 5.32 Å². The molecule has 0 saturated carbocycles. The summed E-state index contributed by atoms with van der Waals surface area (Å²) in [5.41, 5.74) is 7.52. The highest BCUT2D eigenvalue weighted by Gasteiger charge is 2.23. The van der Waals surface area contributed by atoms with Crippen LogP contribution in [0.15, 0.2) is 12.1 Å². The second kappa shape index (κ2) is 5.27. The van der Waals surface area contributed by atoms with Crippen LogP contribution in [0.25, 0.3) is 0 Å². The number of rotatable bonds is 4. The number of carbonyl (C=O) groups excluding carboxylic acids is 1. The number of hydrogen-bond acceptors (Lipinski definition) is 4. The van der Waals surface area contributed by atoms with Gasteiger partial charge in [0.05, 0.1) is 14.2 Å². The van der Waals surface area contributed by atoms with E-state index in [-0.39, 0.29) is 11.9 Å². The molecule has 0 spiro atoms. The van der Waals surface area contributed by atoms with Crippen molar-refractivity contribution in [1.29, 1.82) is 0 Å². The topological polar surface area (TPSA) is 73.6 Å². The molecular formula is C13H18N2O3. The second-order valence-corrected chi connectivity index (χ2v) is 4.33. The van der Waals surface area contributed by atoms with E-state index in [4.69, 9.17) is 15.2 Å². The minimum Gasteiger partial charge on any atom is -0.493 e. The Morgan fingerprint density at radius 2 is 2.06 bits per heavy atom. The van der Waals surface area contributed by atoms with Crippen molar-refractivity contribution in [3.8, 4) is 11.5 Å². The van der Waals surface area contributed by atoms with Gasteiger partial charge in [0.2, 0.25) is 5.91 Å². The van der Waals surface area contributed by atoms with E-state index in [1.807, 2.05) is 12.1 Å². The summed E-state index contributed by atoms with van der Waals surface area (Å²) >= 11 is 0. The summed E-state index contributed by atoms with van der Waals surface area (Å²) in [5.74, 6) is 1.08. The SMILES string of the molecule is COc1cc2c(cc1OC)[C@H](CC(N)=O)NCC2. The molecule has 1 aromatic carbocycles. The molecule has 0 unspecified atom stereocenters. The Hall–Kier alpha value is -1.75. The van der Waals surface area contributed by atoms with Gasteiger partial charge in [0, 0.05) is 12.5 Å². The fraction of sp³-hybridized carbons (Fsp3) is 0.462. The van der Waals surface area contributed by atoms with Gasteiger partial charge in [-0.25, -0.2) is 0 Å². The first-order chi connectivity index (χ1) is 8.65. The fourth-order valence-corrected chi connectivity index (χ4v) is 2.35. The maximum atomic E-state index is 11.1. The normalized spacial score (nSPS) is 18.0. The van der Waals surface area contributed by atoms with Crippen molar-refractivity contribution in [2.24, 2.45) is 5.73 Å². The van der Waals surface area contributed by atoms with E-state index in [0.717, 1.165) is 24.3 Å². The van der Waals surface area contributed by atoms with Crippen molar-refractivity contribution in [2.75, 3.05) is 20.8 Å². The molecule has 5 nitrogen and oxygen atoms in total. The number of amides is 1. The van der Waals surface area contributed by atoms with E-state index >= 15 is 0 Å². The number of benzene rings is 1. The zero-order valence-electron chi connectivity index (χ0n) is 10.7. The molecule has 18 heavy (non-hydrogen) atoms. The first-order valence-electron chi connectivity index (χ1n) is 5.92. The van der Waals surface area contributed by atoms with Gasteiger partial charge in [0.1, 0.15) is 0 Å². The number of nitrogens with one attached hydrogen (secondary N) is 1. The maximum absolute atomic E-state index is 11.1. The highest BCUT2D eigenvalue weighted by molar-refractivity contribution is 5.75. The molecule has 0 aromatic heterocycles. The first kappa shape index (κ1) is 12.7. The number of hydrogen-bond donors (Lipinski definition) is 2. The molecule has 1 amide bonds. The van der Waals surface area contributed by atoms with Crippen LogP contribution in [0.4, 0.5) is 0 Å². The third kappa shape index (κ3) is 2.41. The molecule has 0 saturated heterocycles. The molecule has 1 aromatic rings. The lowest BCUT2D eigenvalue weighted by molar-refractivity contribution is -0.118. The summed E-state index contributed by atoms with van der Waals surface area (Å²) in [6.45, 7) is 0.834. The van der Waals surface area contributed by atoms with Gasteiger partial charge >= 0.3 is 0 Å². The Kier molecular flexibility index (Phi) is 3.72. The van der Waals surface area contributed by atoms with Crippen LogP contribution < -0.4 is 20.5 Å². The van der Waals surface area contributed by atoms with Crippen LogP contribution in [-0.4, -0.2) is 26.7 Å². The van der Waals surface area contributed by atoms with Crippen LogP contribution in [0, 0.1) is 0 Å². The molecule has 1 atom stereocenters. The summed E-state index contributed by atoms with van der Waals surface area (Å²) in [6.07, 6.45) is 1.20. The quantitative estimate of drug-likeness (QED) is 0.827. The number of ether oxygens (including phenoxy) is 2. The lowest BCUT2D eigenvalue weighted by Crippen LogP contribution is -2.33. The van der Waals surface area contributed by atoms with Crippen molar-refractivity contribution in [2.45, 2.75) is 18.9 Å². The van der Waals surface area contributed by atoms with E-state index in [1.165, 1.54) is 5.56 Å². The summed E-state index contributed by atoms with van der Waals surface area (Å²) in [7, 11) is 3.22. The lowest BCUT2D eigenvalue weighted by Gasteiger charge is -2.27. The Morgan fingerprint density at radius 1 is 1.39 bits per heavy atom. The number of primary amides is 1. The van der Waals surface area contributed by atoms with Gasteiger partial charge in [-0.15, -0.1) is 0 Å². The molecule has 0 bridgehead atoms. The Bertz CT molecular complexity index is 460. The average molecular weight is 250 g/mol. The zero-order valence-corrected chi connectivity index (χ0v) is 10.7. The standard InChI is InChI=1S/C13H18N2O3/c1-17-11-5-8-3-4-15-10(7-13(14)16)9(8)6-12(11)18-2/h5-6,10,15H,3-4,7H2,1-2H3,(H2,14,16)/t10-/m0/s1. The van der Waals surface area contributed by atoms with E-state index in [9.17, 15) is 4.79 Å². The molecule has 1 aliphatic rings. The number of methoxy groups -OCH3 is 2. The number of fused-ring (bicyclic) bond motifs is 1. The fourth-order valence-electron chi connectivity index (χ4n) is 2.35. The second-order valence-electron chi connectivity index (χ2n) is 4.33. The molecule has 98 valence electrons. The van der Waals surface area contributed by atoms with Gasteiger partial charge in [-0.3, -0.25) is 4.79 Å². The molecule has 0 aliphatic carbocycles. The summed E-state index contributed by atoms with van der Waals surface area (Å²) in [4.78, 5) is 11.1. The van der Waals surface area contributed by atoms with Crippen LogP contribution in [0.3, 0.4) is 0 Å². The van der Waals surface area contributed by atoms with Crippen molar-refractivity contribution in [3.63, 3.8) is 0 Å². The van der Waals surface area contributed by atoms with Crippen molar-refractivity contribution in [1.82, 2.24) is 5.32 Å². The minimum absolute atomic E-state index is 0.0361. The number of carbonyl (C=O) groups is 1. The smallest absolute Gasteiger partial charge is 0.219 e. The van der Waals surface area contributed by atoms with Gasteiger partial charge in [0.25, 0.3) is 0 Å². The molecule has 5 heteroatoms. The Labute approximate surface area is 106 Å². The van der Waals surface area contributed by atoms with Gasteiger partial charge < -0.3 is 20.5 Å². The maximum Gasteiger partial charge on any atom is 0.219 e. The van der Waals surface area contributed by atoms with Crippen molar-refractivity contribution in [3.05, 3.63) is 23.3 Å². The van der Waals surface area contributed by atoms with E-state index in [1.54, 1.807) is 14.2 Å². The van der Waals surface area contributed by atoms with Crippen molar-refractivity contribution >= 4 is 5.91 Å². The third-order valence-electron chi connectivity index (χ3n) is 3.21. The van der Waals surface area contributed by atoms with Gasteiger partial charge in [-0.2, -0.15) is 0 Å². The third-order valence-corrected chi connectivity index (χ3v) is 3.21. The lowest BCUT2D eigenvalue weighted by atomic mass is 9.91. The van der Waals surface area contributed by atoms with Crippen LogP contribution in [0.5, 0.6) is 11.5 Å².